The third-order valence-electron chi connectivity index (χ3n) is 5.30. The van der Waals surface area contributed by atoms with Crippen LogP contribution in [0.4, 0.5) is 0 Å². The summed E-state index contributed by atoms with van der Waals surface area (Å²) in [5.74, 6) is 1.19. The lowest BCUT2D eigenvalue weighted by Gasteiger charge is -2.15. The van der Waals surface area contributed by atoms with E-state index in [1.807, 2.05) is 30.3 Å². The molecule has 0 spiro atoms. The molecule has 1 aliphatic rings. The molecule has 0 amide bonds. The number of nitrogens with zero attached hydrogens (tertiary/aromatic N) is 3. The van der Waals surface area contributed by atoms with Crippen LogP contribution in [0.2, 0.25) is 5.02 Å². The first-order valence-corrected chi connectivity index (χ1v) is 10.1. The van der Waals surface area contributed by atoms with E-state index in [1.54, 1.807) is 25.1 Å². The number of rotatable bonds is 4. The minimum atomic E-state index is -0.405. The zero-order chi connectivity index (χ0) is 21.5. The van der Waals surface area contributed by atoms with Crippen LogP contribution in [0.15, 0.2) is 59.7 Å². The van der Waals surface area contributed by atoms with Gasteiger partial charge in [-0.3, -0.25) is 9.36 Å². The van der Waals surface area contributed by atoms with Crippen molar-refractivity contribution in [1.82, 2.24) is 14.5 Å². The molecule has 0 bridgehead atoms. The Hall–Kier alpha value is -3.42. The number of hydrogen-bond donors (Lipinski definition) is 1. The smallest absolute Gasteiger partial charge is 0.261 e. The van der Waals surface area contributed by atoms with Gasteiger partial charge in [0, 0.05) is 16.1 Å². The SMILES string of the molecule is C[C@@H](CO)n1cnc2c(-c3cccc4c3OCO4)nc(-c3ccc(Cl)cc3)cc2c1=O. The van der Waals surface area contributed by atoms with Crippen LogP contribution in [0, 0.1) is 0 Å². The summed E-state index contributed by atoms with van der Waals surface area (Å²) in [6.07, 6.45) is 1.44. The van der Waals surface area contributed by atoms with E-state index < -0.39 is 6.04 Å². The Balaban J connectivity index is 1.83. The van der Waals surface area contributed by atoms with Crippen molar-refractivity contribution >= 4 is 22.5 Å². The van der Waals surface area contributed by atoms with E-state index in [4.69, 9.17) is 26.1 Å². The molecular formula is C23H18ClN3O4. The second-order valence-corrected chi connectivity index (χ2v) is 7.72. The molecule has 0 saturated carbocycles. The molecule has 0 unspecified atom stereocenters. The number of fused-ring (bicyclic) bond motifs is 2. The summed E-state index contributed by atoms with van der Waals surface area (Å²) in [7, 11) is 0. The molecule has 3 heterocycles. The molecule has 1 N–H and O–H groups in total. The van der Waals surface area contributed by atoms with Crippen molar-refractivity contribution in [2.24, 2.45) is 0 Å². The van der Waals surface area contributed by atoms with Crippen LogP contribution in [-0.4, -0.2) is 33.0 Å². The predicted octanol–water partition coefficient (Wildman–Crippen LogP) is 4.06. The van der Waals surface area contributed by atoms with Crippen LogP contribution in [0.1, 0.15) is 13.0 Å². The highest BCUT2D eigenvalue weighted by Gasteiger charge is 2.23. The van der Waals surface area contributed by atoms with E-state index in [-0.39, 0.29) is 19.0 Å². The highest BCUT2D eigenvalue weighted by atomic mass is 35.5. The molecule has 7 nitrogen and oxygen atoms in total. The standard InChI is InChI=1S/C23H18ClN3O4/c1-13(10-28)27-11-25-20-17(23(27)29)9-18(14-5-7-15(24)8-6-14)26-21(20)16-3-2-4-19-22(16)31-12-30-19/h2-9,11,13,28H,10,12H2,1H3/t13-/m0/s1. The Bertz CT molecular complexity index is 1350. The molecule has 4 aromatic rings. The number of aliphatic hydroxyl groups excluding tert-OH is 1. The van der Waals surface area contributed by atoms with Gasteiger partial charge in [-0.25, -0.2) is 9.97 Å². The second-order valence-electron chi connectivity index (χ2n) is 7.29. The number of benzene rings is 2. The number of hydrogen-bond acceptors (Lipinski definition) is 6. The maximum absolute atomic E-state index is 13.3. The first kappa shape index (κ1) is 19.5. The van der Waals surface area contributed by atoms with Gasteiger partial charge in [0.05, 0.1) is 30.1 Å². The maximum Gasteiger partial charge on any atom is 0.261 e. The number of ether oxygens (including phenoxy) is 2. The fourth-order valence-corrected chi connectivity index (χ4v) is 3.74. The molecule has 0 fully saturated rings. The number of aromatic nitrogens is 3. The van der Waals surface area contributed by atoms with E-state index in [2.05, 4.69) is 4.98 Å². The Labute approximate surface area is 182 Å². The molecule has 2 aromatic heterocycles. The normalized spacial score (nSPS) is 13.5. The lowest BCUT2D eigenvalue weighted by Crippen LogP contribution is -2.25. The van der Waals surface area contributed by atoms with Crippen molar-refractivity contribution in [1.29, 1.82) is 0 Å². The van der Waals surface area contributed by atoms with Gasteiger partial charge in [0.2, 0.25) is 6.79 Å². The van der Waals surface area contributed by atoms with Crippen LogP contribution < -0.4 is 15.0 Å². The molecule has 2 aromatic carbocycles. The largest absolute Gasteiger partial charge is 0.454 e. The fourth-order valence-electron chi connectivity index (χ4n) is 3.62. The van der Waals surface area contributed by atoms with Crippen LogP contribution in [-0.2, 0) is 0 Å². The Morgan fingerprint density at radius 3 is 2.77 bits per heavy atom. The summed E-state index contributed by atoms with van der Waals surface area (Å²) >= 11 is 6.04. The van der Waals surface area contributed by atoms with Gasteiger partial charge >= 0.3 is 0 Å². The lowest BCUT2D eigenvalue weighted by molar-refractivity contribution is 0.174. The number of pyridine rings is 1. The van der Waals surface area contributed by atoms with Gasteiger partial charge in [-0.2, -0.15) is 0 Å². The van der Waals surface area contributed by atoms with Crippen molar-refractivity contribution in [2.45, 2.75) is 13.0 Å². The summed E-state index contributed by atoms with van der Waals surface area (Å²) in [5, 5.41) is 10.5. The Morgan fingerprint density at radius 2 is 2.00 bits per heavy atom. The van der Waals surface area contributed by atoms with Crippen LogP contribution >= 0.6 is 11.6 Å². The lowest BCUT2D eigenvalue weighted by atomic mass is 10.0. The van der Waals surface area contributed by atoms with Crippen molar-refractivity contribution in [3.8, 4) is 34.0 Å². The molecule has 31 heavy (non-hydrogen) atoms. The van der Waals surface area contributed by atoms with Gasteiger partial charge in [-0.15, -0.1) is 0 Å². The number of para-hydroxylation sites is 1. The van der Waals surface area contributed by atoms with Crippen molar-refractivity contribution in [3.63, 3.8) is 0 Å². The first-order chi connectivity index (χ1) is 15.1. The van der Waals surface area contributed by atoms with Crippen molar-refractivity contribution in [2.75, 3.05) is 13.4 Å². The van der Waals surface area contributed by atoms with E-state index in [0.717, 1.165) is 5.56 Å². The third kappa shape index (κ3) is 3.32. The zero-order valence-electron chi connectivity index (χ0n) is 16.6. The van der Waals surface area contributed by atoms with Gasteiger partial charge in [0.15, 0.2) is 11.5 Å². The molecule has 5 rings (SSSR count). The highest BCUT2D eigenvalue weighted by Crippen LogP contribution is 2.42. The van der Waals surface area contributed by atoms with E-state index >= 15 is 0 Å². The molecule has 0 aliphatic carbocycles. The zero-order valence-corrected chi connectivity index (χ0v) is 17.3. The summed E-state index contributed by atoms with van der Waals surface area (Å²) in [6, 6.07) is 14.1. The Kier molecular flexibility index (Phi) is 4.84. The van der Waals surface area contributed by atoms with Crippen molar-refractivity contribution in [3.05, 3.63) is 70.2 Å². The molecule has 8 heteroatoms. The predicted molar refractivity (Wildman–Crippen MR) is 118 cm³/mol. The van der Waals surface area contributed by atoms with E-state index in [0.29, 0.717) is 44.4 Å². The van der Waals surface area contributed by atoms with E-state index in [9.17, 15) is 9.90 Å². The van der Waals surface area contributed by atoms with Gasteiger partial charge in [0.1, 0.15) is 11.2 Å². The van der Waals surface area contributed by atoms with Gasteiger partial charge in [0.25, 0.3) is 5.56 Å². The fraction of sp³-hybridized carbons (Fsp3) is 0.174. The van der Waals surface area contributed by atoms with E-state index in [1.165, 1.54) is 10.9 Å². The molecule has 0 radical (unpaired) electrons. The monoisotopic (exact) mass is 435 g/mol. The topological polar surface area (TPSA) is 86.5 Å². The molecular weight excluding hydrogens is 418 g/mol. The van der Waals surface area contributed by atoms with Crippen LogP contribution in [0.25, 0.3) is 33.4 Å². The summed E-state index contributed by atoms with van der Waals surface area (Å²) in [4.78, 5) is 22.7. The molecule has 0 saturated heterocycles. The average molecular weight is 436 g/mol. The number of aliphatic hydroxyl groups is 1. The van der Waals surface area contributed by atoms with Gasteiger partial charge in [-0.05, 0) is 37.3 Å². The van der Waals surface area contributed by atoms with Crippen LogP contribution in [0.3, 0.4) is 0 Å². The average Bonchev–Trinajstić information content (AvgIpc) is 3.28. The van der Waals surface area contributed by atoms with Gasteiger partial charge in [-0.1, -0.05) is 29.8 Å². The quantitative estimate of drug-likeness (QED) is 0.520. The summed E-state index contributed by atoms with van der Waals surface area (Å²) < 4.78 is 12.6. The molecule has 156 valence electrons. The minimum Gasteiger partial charge on any atom is -0.454 e. The minimum absolute atomic E-state index is 0.120. The second kappa shape index (κ2) is 7.68. The molecule has 1 aliphatic heterocycles. The molecule has 1 atom stereocenters. The summed E-state index contributed by atoms with van der Waals surface area (Å²) in [5.41, 5.74) is 2.82. The van der Waals surface area contributed by atoms with Crippen molar-refractivity contribution < 1.29 is 14.6 Å². The maximum atomic E-state index is 13.3. The number of halogens is 1. The van der Waals surface area contributed by atoms with Gasteiger partial charge < -0.3 is 14.6 Å². The Morgan fingerprint density at radius 1 is 1.19 bits per heavy atom. The van der Waals surface area contributed by atoms with Crippen LogP contribution in [0.5, 0.6) is 11.5 Å². The summed E-state index contributed by atoms with van der Waals surface area (Å²) in [6.45, 7) is 1.70. The third-order valence-corrected chi connectivity index (χ3v) is 5.55. The first-order valence-electron chi connectivity index (χ1n) is 9.74. The highest BCUT2D eigenvalue weighted by molar-refractivity contribution is 6.30.